The molecule has 0 aliphatic heterocycles. The number of hydrogen-bond acceptors (Lipinski definition) is 1. The Labute approximate surface area is 87.9 Å². The van der Waals surface area contributed by atoms with Crippen LogP contribution in [-0.2, 0) is 6.42 Å². The molecule has 1 aromatic carbocycles. The second-order valence-corrected chi connectivity index (χ2v) is 4.40. The van der Waals surface area contributed by atoms with Gasteiger partial charge in [-0.25, -0.2) is 0 Å². The Kier molecular flexibility index (Phi) is 4.16. The van der Waals surface area contributed by atoms with Crippen LogP contribution < -0.4 is 0 Å². The van der Waals surface area contributed by atoms with E-state index < -0.39 is 0 Å². The second kappa shape index (κ2) is 4.93. The standard InChI is InChI=1S/C10H13BrS/c1-8(7-12)5-9-3-2-4-10(11)6-9/h2-4,6,8,12H,5,7H2,1H3. The molecule has 0 spiro atoms. The van der Waals surface area contributed by atoms with E-state index in [-0.39, 0.29) is 0 Å². The fourth-order valence-electron chi connectivity index (χ4n) is 1.13. The van der Waals surface area contributed by atoms with Crippen LogP contribution in [0.2, 0.25) is 0 Å². The largest absolute Gasteiger partial charge is 0.179 e. The minimum absolute atomic E-state index is 0.655. The van der Waals surface area contributed by atoms with E-state index in [1.807, 2.05) is 0 Å². The van der Waals surface area contributed by atoms with Crippen molar-refractivity contribution < 1.29 is 0 Å². The third-order valence-corrected chi connectivity index (χ3v) is 2.90. The molecular weight excluding hydrogens is 232 g/mol. The molecule has 0 saturated carbocycles. The van der Waals surface area contributed by atoms with Crippen LogP contribution in [0.25, 0.3) is 0 Å². The highest BCUT2D eigenvalue weighted by atomic mass is 79.9. The zero-order valence-corrected chi connectivity index (χ0v) is 9.61. The molecule has 0 nitrogen and oxygen atoms in total. The average Bonchev–Trinajstić information content (AvgIpc) is 2.04. The molecule has 0 radical (unpaired) electrons. The summed E-state index contributed by atoms with van der Waals surface area (Å²) < 4.78 is 1.16. The first-order valence-electron chi connectivity index (χ1n) is 4.07. The highest BCUT2D eigenvalue weighted by Gasteiger charge is 2.00. The summed E-state index contributed by atoms with van der Waals surface area (Å²) in [6, 6.07) is 8.45. The van der Waals surface area contributed by atoms with Crippen molar-refractivity contribution in [2.24, 2.45) is 5.92 Å². The fraction of sp³-hybridized carbons (Fsp3) is 0.400. The summed E-state index contributed by atoms with van der Waals surface area (Å²) in [5, 5.41) is 0. The van der Waals surface area contributed by atoms with Crippen molar-refractivity contribution in [3.8, 4) is 0 Å². The van der Waals surface area contributed by atoms with Crippen LogP contribution in [0.1, 0.15) is 12.5 Å². The molecule has 0 aliphatic rings. The van der Waals surface area contributed by atoms with Crippen molar-refractivity contribution >= 4 is 28.6 Å². The quantitative estimate of drug-likeness (QED) is 0.773. The lowest BCUT2D eigenvalue weighted by atomic mass is 10.0. The maximum Gasteiger partial charge on any atom is 0.0177 e. The van der Waals surface area contributed by atoms with Crippen molar-refractivity contribution in [1.29, 1.82) is 0 Å². The minimum atomic E-state index is 0.655. The van der Waals surface area contributed by atoms with Crippen LogP contribution in [0.3, 0.4) is 0 Å². The van der Waals surface area contributed by atoms with Gasteiger partial charge in [0.25, 0.3) is 0 Å². The Hall–Kier alpha value is 0.0500. The van der Waals surface area contributed by atoms with Crippen LogP contribution in [0.5, 0.6) is 0 Å². The lowest BCUT2D eigenvalue weighted by Gasteiger charge is -2.07. The van der Waals surface area contributed by atoms with E-state index in [4.69, 9.17) is 0 Å². The molecule has 0 heterocycles. The highest BCUT2D eigenvalue weighted by molar-refractivity contribution is 9.10. The van der Waals surface area contributed by atoms with Crippen LogP contribution >= 0.6 is 28.6 Å². The van der Waals surface area contributed by atoms with Gasteiger partial charge in [-0.05, 0) is 35.8 Å². The Morgan fingerprint density at radius 3 is 2.83 bits per heavy atom. The number of halogens is 1. The Balaban J connectivity index is 2.63. The molecule has 1 aromatic rings. The molecule has 0 fully saturated rings. The molecule has 1 atom stereocenters. The maximum absolute atomic E-state index is 4.26. The number of thiol groups is 1. The molecule has 12 heavy (non-hydrogen) atoms. The predicted octanol–water partition coefficient (Wildman–Crippen LogP) is 3.56. The maximum atomic E-state index is 4.26. The lowest BCUT2D eigenvalue weighted by molar-refractivity contribution is 0.660. The van der Waals surface area contributed by atoms with Gasteiger partial charge in [0.15, 0.2) is 0 Å². The lowest BCUT2D eigenvalue weighted by Crippen LogP contribution is -2.00. The number of rotatable bonds is 3. The SMILES string of the molecule is CC(CS)Cc1cccc(Br)c1. The fourth-order valence-corrected chi connectivity index (χ4v) is 1.71. The predicted molar refractivity (Wildman–Crippen MR) is 60.9 cm³/mol. The third kappa shape index (κ3) is 3.20. The first kappa shape index (κ1) is 10.1. The first-order chi connectivity index (χ1) is 5.72. The van der Waals surface area contributed by atoms with Gasteiger partial charge in [-0.15, -0.1) is 0 Å². The van der Waals surface area contributed by atoms with Gasteiger partial charge in [0.2, 0.25) is 0 Å². The van der Waals surface area contributed by atoms with E-state index in [1.54, 1.807) is 0 Å². The molecule has 0 bridgehead atoms. The van der Waals surface area contributed by atoms with Gasteiger partial charge < -0.3 is 0 Å². The van der Waals surface area contributed by atoms with Crippen LogP contribution in [0, 0.1) is 5.92 Å². The van der Waals surface area contributed by atoms with Crippen molar-refractivity contribution in [3.05, 3.63) is 34.3 Å². The third-order valence-electron chi connectivity index (χ3n) is 1.78. The van der Waals surface area contributed by atoms with E-state index in [1.165, 1.54) is 5.56 Å². The zero-order valence-electron chi connectivity index (χ0n) is 7.13. The highest BCUT2D eigenvalue weighted by Crippen LogP contribution is 2.15. The molecule has 0 aliphatic carbocycles. The number of benzene rings is 1. The molecule has 0 saturated heterocycles. The normalized spacial score (nSPS) is 12.9. The average molecular weight is 245 g/mol. The second-order valence-electron chi connectivity index (χ2n) is 3.12. The molecule has 66 valence electrons. The van der Waals surface area contributed by atoms with Crippen molar-refractivity contribution in [2.45, 2.75) is 13.3 Å². The zero-order chi connectivity index (χ0) is 8.97. The Bertz CT molecular complexity index is 247. The Morgan fingerprint density at radius 1 is 1.50 bits per heavy atom. The molecular formula is C10H13BrS. The summed E-state index contributed by atoms with van der Waals surface area (Å²) in [7, 11) is 0. The summed E-state index contributed by atoms with van der Waals surface area (Å²) in [5.41, 5.74) is 1.38. The minimum Gasteiger partial charge on any atom is -0.179 e. The summed E-state index contributed by atoms with van der Waals surface area (Å²) in [6.07, 6.45) is 1.11. The summed E-state index contributed by atoms with van der Waals surface area (Å²) in [5.74, 6) is 1.61. The summed E-state index contributed by atoms with van der Waals surface area (Å²) >= 11 is 7.71. The molecule has 1 unspecified atom stereocenters. The molecule has 0 N–H and O–H groups in total. The smallest absolute Gasteiger partial charge is 0.0177 e. The summed E-state index contributed by atoms with van der Waals surface area (Å²) in [6.45, 7) is 2.22. The van der Waals surface area contributed by atoms with Crippen molar-refractivity contribution in [1.82, 2.24) is 0 Å². The first-order valence-corrected chi connectivity index (χ1v) is 5.50. The monoisotopic (exact) mass is 244 g/mol. The van der Waals surface area contributed by atoms with Crippen LogP contribution in [0.4, 0.5) is 0 Å². The Morgan fingerprint density at radius 2 is 2.25 bits per heavy atom. The van der Waals surface area contributed by atoms with E-state index in [0.717, 1.165) is 16.6 Å². The van der Waals surface area contributed by atoms with Crippen molar-refractivity contribution in [3.63, 3.8) is 0 Å². The van der Waals surface area contributed by atoms with E-state index in [0.29, 0.717) is 5.92 Å². The molecule has 0 aromatic heterocycles. The van der Waals surface area contributed by atoms with E-state index >= 15 is 0 Å². The molecule has 0 amide bonds. The van der Waals surface area contributed by atoms with Gasteiger partial charge in [0.05, 0.1) is 0 Å². The van der Waals surface area contributed by atoms with E-state index in [9.17, 15) is 0 Å². The summed E-state index contributed by atoms with van der Waals surface area (Å²) in [4.78, 5) is 0. The topological polar surface area (TPSA) is 0 Å². The molecule has 1 rings (SSSR count). The van der Waals surface area contributed by atoms with Gasteiger partial charge >= 0.3 is 0 Å². The van der Waals surface area contributed by atoms with Crippen molar-refractivity contribution in [2.75, 3.05) is 5.75 Å². The molecule has 2 heteroatoms. The van der Waals surface area contributed by atoms with Gasteiger partial charge in [0.1, 0.15) is 0 Å². The van der Waals surface area contributed by atoms with E-state index in [2.05, 4.69) is 59.7 Å². The van der Waals surface area contributed by atoms with Crippen LogP contribution in [-0.4, -0.2) is 5.75 Å². The van der Waals surface area contributed by atoms with Gasteiger partial charge in [-0.2, -0.15) is 12.6 Å². The number of hydrogen-bond donors (Lipinski definition) is 1. The van der Waals surface area contributed by atoms with Crippen LogP contribution in [0.15, 0.2) is 28.7 Å². The van der Waals surface area contributed by atoms with Gasteiger partial charge in [0, 0.05) is 4.47 Å². The van der Waals surface area contributed by atoms with Gasteiger partial charge in [-0.3, -0.25) is 0 Å². The van der Waals surface area contributed by atoms with Gasteiger partial charge in [-0.1, -0.05) is 35.0 Å².